The van der Waals surface area contributed by atoms with E-state index in [1.165, 1.54) is 18.5 Å². The largest absolute Gasteiger partial charge is 0.310 e. The Morgan fingerprint density at radius 3 is 2.72 bits per heavy atom. The van der Waals surface area contributed by atoms with Gasteiger partial charge < -0.3 is 5.32 Å². The topological polar surface area (TPSA) is 42.7 Å². The van der Waals surface area contributed by atoms with Crippen molar-refractivity contribution in [1.29, 1.82) is 0 Å². The summed E-state index contributed by atoms with van der Waals surface area (Å²) in [5.74, 6) is -0.408. The van der Waals surface area contributed by atoms with E-state index in [0.29, 0.717) is 17.8 Å². The summed E-state index contributed by atoms with van der Waals surface area (Å²) in [7, 11) is 3.54. The second-order valence-electron chi connectivity index (χ2n) is 4.02. The fourth-order valence-corrected chi connectivity index (χ4v) is 1.85. The third-order valence-electron chi connectivity index (χ3n) is 2.85. The van der Waals surface area contributed by atoms with Crippen LogP contribution in [0.3, 0.4) is 0 Å². The highest BCUT2D eigenvalue weighted by atomic mass is 19.1. The minimum absolute atomic E-state index is 0.169. The Kier molecular flexibility index (Phi) is 3.66. The zero-order valence-corrected chi connectivity index (χ0v) is 10.2. The highest BCUT2D eigenvalue weighted by Gasteiger charge is 2.17. The third kappa shape index (κ3) is 2.53. The molecule has 6 heteroatoms. The highest BCUT2D eigenvalue weighted by molar-refractivity contribution is 5.20. The molecule has 1 aromatic carbocycles. The van der Waals surface area contributed by atoms with Gasteiger partial charge in [-0.05, 0) is 25.1 Å². The molecule has 1 heterocycles. The molecule has 0 spiro atoms. The zero-order valence-electron chi connectivity index (χ0n) is 10.2. The van der Waals surface area contributed by atoms with E-state index in [-0.39, 0.29) is 6.04 Å². The number of nitrogens with zero attached hydrogens (tertiary/aromatic N) is 3. The van der Waals surface area contributed by atoms with Gasteiger partial charge in [0.25, 0.3) is 0 Å². The van der Waals surface area contributed by atoms with Gasteiger partial charge in [0.15, 0.2) is 0 Å². The van der Waals surface area contributed by atoms with Crippen LogP contribution in [0, 0.1) is 11.6 Å². The van der Waals surface area contributed by atoms with Crippen LogP contribution >= 0.6 is 0 Å². The second kappa shape index (κ2) is 5.22. The van der Waals surface area contributed by atoms with Gasteiger partial charge in [-0.2, -0.15) is 5.10 Å². The van der Waals surface area contributed by atoms with Crippen LogP contribution < -0.4 is 5.32 Å². The number of rotatable bonds is 4. The number of aryl methyl sites for hydroxylation is 1. The first kappa shape index (κ1) is 12.6. The first-order chi connectivity index (χ1) is 8.61. The maximum absolute atomic E-state index is 13.6. The minimum Gasteiger partial charge on any atom is -0.310 e. The van der Waals surface area contributed by atoms with E-state index >= 15 is 0 Å². The van der Waals surface area contributed by atoms with E-state index in [1.54, 1.807) is 18.8 Å². The smallest absolute Gasteiger partial charge is 0.144 e. The molecule has 96 valence electrons. The summed E-state index contributed by atoms with van der Waals surface area (Å²) in [6.07, 6.45) is 1.83. The van der Waals surface area contributed by atoms with E-state index < -0.39 is 11.6 Å². The maximum atomic E-state index is 13.6. The summed E-state index contributed by atoms with van der Waals surface area (Å²) in [4.78, 5) is 4.12. The molecule has 1 unspecified atom stereocenters. The van der Waals surface area contributed by atoms with Gasteiger partial charge in [-0.1, -0.05) is 6.07 Å². The number of halogens is 2. The summed E-state index contributed by atoms with van der Waals surface area (Å²) in [5.41, 5.74) is 0.443. The molecule has 0 saturated heterocycles. The second-order valence-corrected chi connectivity index (χ2v) is 4.02. The van der Waals surface area contributed by atoms with Crippen molar-refractivity contribution in [3.63, 3.8) is 0 Å². The molecule has 18 heavy (non-hydrogen) atoms. The molecular formula is C12H14F2N4. The van der Waals surface area contributed by atoms with Gasteiger partial charge >= 0.3 is 0 Å². The number of likely N-dealkylation sites (N-methyl/N-ethyl adjacent to an activating group) is 1. The first-order valence-corrected chi connectivity index (χ1v) is 5.57. The number of nitrogens with one attached hydrogen (secondary N) is 1. The molecule has 0 aliphatic heterocycles. The Labute approximate surface area is 104 Å². The average molecular weight is 252 g/mol. The third-order valence-corrected chi connectivity index (χ3v) is 2.85. The van der Waals surface area contributed by atoms with Crippen molar-refractivity contribution in [3.05, 3.63) is 47.5 Å². The van der Waals surface area contributed by atoms with Gasteiger partial charge in [0.05, 0.1) is 6.04 Å². The quantitative estimate of drug-likeness (QED) is 0.898. The summed E-state index contributed by atoms with van der Waals surface area (Å²) in [5, 5.41) is 7.03. The summed E-state index contributed by atoms with van der Waals surface area (Å²) in [6, 6.07) is 3.42. The van der Waals surface area contributed by atoms with Crippen molar-refractivity contribution in [2.45, 2.75) is 12.5 Å². The molecular weight excluding hydrogens is 238 g/mol. The van der Waals surface area contributed by atoms with Gasteiger partial charge in [0, 0.05) is 13.1 Å². The zero-order chi connectivity index (χ0) is 13.1. The molecule has 0 saturated carbocycles. The Morgan fingerprint density at radius 2 is 2.17 bits per heavy atom. The van der Waals surface area contributed by atoms with Crippen LogP contribution in [0.5, 0.6) is 0 Å². The van der Waals surface area contributed by atoms with Crippen LogP contribution in [0.25, 0.3) is 0 Å². The molecule has 0 radical (unpaired) electrons. The fourth-order valence-electron chi connectivity index (χ4n) is 1.85. The Hall–Kier alpha value is -1.82. The predicted octanol–water partition coefficient (Wildman–Crippen LogP) is 1.60. The molecule has 1 aromatic heterocycles. The van der Waals surface area contributed by atoms with Crippen molar-refractivity contribution in [1.82, 2.24) is 20.1 Å². The molecule has 2 aromatic rings. The first-order valence-electron chi connectivity index (χ1n) is 5.57. The monoisotopic (exact) mass is 252 g/mol. The van der Waals surface area contributed by atoms with Crippen LogP contribution in [-0.2, 0) is 13.5 Å². The lowest BCUT2D eigenvalue weighted by atomic mass is 10.0. The number of benzene rings is 1. The van der Waals surface area contributed by atoms with E-state index in [1.807, 2.05) is 0 Å². The van der Waals surface area contributed by atoms with E-state index in [0.717, 1.165) is 6.07 Å². The number of hydrogen-bond donors (Lipinski definition) is 1. The average Bonchev–Trinajstić information content (AvgIpc) is 2.75. The molecule has 2 rings (SSSR count). The van der Waals surface area contributed by atoms with Crippen LogP contribution in [-0.4, -0.2) is 21.8 Å². The lowest BCUT2D eigenvalue weighted by molar-refractivity contribution is 0.504. The molecule has 0 fully saturated rings. The molecule has 0 aliphatic carbocycles. The van der Waals surface area contributed by atoms with Crippen LogP contribution in [0.4, 0.5) is 8.78 Å². The van der Waals surface area contributed by atoms with Gasteiger partial charge in [0.2, 0.25) is 0 Å². The molecule has 0 bridgehead atoms. The van der Waals surface area contributed by atoms with E-state index in [9.17, 15) is 8.78 Å². The Balaban J connectivity index is 2.23. The Bertz CT molecular complexity index is 539. The summed E-state index contributed by atoms with van der Waals surface area (Å²) in [6.45, 7) is 0. The predicted molar refractivity (Wildman–Crippen MR) is 62.9 cm³/mol. The van der Waals surface area contributed by atoms with E-state index in [2.05, 4.69) is 15.4 Å². The fraction of sp³-hybridized carbons (Fsp3) is 0.333. The molecule has 1 atom stereocenters. The van der Waals surface area contributed by atoms with Gasteiger partial charge in [-0.15, -0.1) is 0 Å². The lowest BCUT2D eigenvalue weighted by Gasteiger charge is -2.15. The summed E-state index contributed by atoms with van der Waals surface area (Å²) >= 11 is 0. The van der Waals surface area contributed by atoms with Crippen molar-refractivity contribution >= 4 is 0 Å². The summed E-state index contributed by atoms with van der Waals surface area (Å²) < 4.78 is 28.0. The standard InChI is InChI=1S/C12H14F2N4/c1-15-11(12-16-7-17-18(12)2)5-8-3-4-9(13)6-10(8)14/h3-4,6-7,11,15H,5H2,1-2H3. The molecule has 0 amide bonds. The highest BCUT2D eigenvalue weighted by Crippen LogP contribution is 2.18. The van der Waals surface area contributed by atoms with E-state index in [4.69, 9.17) is 0 Å². The maximum Gasteiger partial charge on any atom is 0.144 e. The normalized spacial score (nSPS) is 12.7. The number of hydrogen-bond acceptors (Lipinski definition) is 3. The van der Waals surface area contributed by atoms with Gasteiger partial charge in [-0.25, -0.2) is 13.8 Å². The van der Waals surface area contributed by atoms with Crippen LogP contribution in [0.2, 0.25) is 0 Å². The van der Waals surface area contributed by atoms with Crippen molar-refractivity contribution in [2.24, 2.45) is 7.05 Å². The molecule has 1 N–H and O–H groups in total. The lowest BCUT2D eigenvalue weighted by Crippen LogP contribution is -2.23. The van der Waals surface area contributed by atoms with Gasteiger partial charge in [-0.3, -0.25) is 4.68 Å². The van der Waals surface area contributed by atoms with Crippen molar-refractivity contribution in [2.75, 3.05) is 7.05 Å². The SMILES string of the molecule is CNC(Cc1ccc(F)cc1F)c1ncnn1C. The van der Waals surface area contributed by atoms with Crippen molar-refractivity contribution in [3.8, 4) is 0 Å². The van der Waals surface area contributed by atoms with Crippen LogP contribution in [0.1, 0.15) is 17.4 Å². The Morgan fingerprint density at radius 1 is 1.39 bits per heavy atom. The molecule has 0 aliphatic rings. The number of aromatic nitrogens is 3. The molecule has 4 nitrogen and oxygen atoms in total. The minimum atomic E-state index is -0.573. The van der Waals surface area contributed by atoms with Gasteiger partial charge in [0.1, 0.15) is 23.8 Å². The van der Waals surface area contributed by atoms with Crippen molar-refractivity contribution < 1.29 is 8.78 Å². The van der Waals surface area contributed by atoms with Crippen LogP contribution in [0.15, 0.2) is 24.5 Å².